The molecule has 0 aliphatic heterocycles. The zero-order valence-corrected chi connectivity index (χ0v) is 33.0. The molecule has 0 atom stereocenters. The third-order valence-electron chi connectivity index (χ3n) is 8.78. The van der Waals surface area contributed by atoms with Gasteiger partial charge in [0.2, 0.25) is 5.71 Å². The second kappa shape index (κ2) is 15.0. The van der Waals surface area contributed by atoms with E-state index in [4.69, 9.17) is 9.40 Å². The number of aromatic nitrogens is 3. The summed E-state index contributed by atoms with van der Waals surface area (Å²) in [5.74, 6) is 8.31. The Hall–Kier alpha value is -3.12. The van der Waals surface area contributed by atoms with Crippen LogP contribution >= 0.6 is 0 Å². The van der Waals surface area contributed by atoms with Gasteiger partial charge in [-0.1, -0.05) is 49.9 Å². The quantitative estimate of drug-likeness (QED) is 0.124. The minimum Gasteiger partial charge on any atom is 0 e. The third-order valence-corrected chi connectivity index (χ3v) is 13.1. The summed E-state index contributed by atoms with van der Waals surface area (Å²) in [6.07, 6.45) is 13.7. The monoisotopic (exact) mass is 862 g/mol. The molecule has 0 bridgehead atoms. The molecule has 6 aromatic rings. The van der Waals surface area contributed by atoms with E-state index in [2.05, 4.69) is 96.7 Å². The number of fused-ring (bicyclic) bond motifs is 3. The molecule has 1 saturated carbocycles. The number of benzene rings is 2. The zero-order valence-electron chi connectivity index (χ0n) is 28.5. The molecule has 1 radical (unpaired) electrons. The molecular formula is C41H45GeIrN3O-2. The Labute approximate surface area is 296 Å². The van der Waals surface area contributed by atoms with Gasteiger partial charge in [-0.25, -0.2) is 4.98 Å². The predicted molar refractivity (Wildman–Crippen MR) is 194 cm³/mol. The molecule has 0 amide bonds. The van der Waals surface area contributed by atoms with E-state index in [0.717, 1.165) is 51.2 Å². The van der Waals surface area contributed by atoms with Gasteiger partial charge in [0.1, 0.15) is 0 Å². The van der Waals surface area contributed by atoms with Crippen LogP contribution in [0.15, 0.2) is 89.7 Å². The topological polar surface area (TPSA) is 51.8 Å². The summed E-state index contributed by atoms with van der Waals surface area (Å²) in [5.41, 5.74) is 8.65. The van der Waals surface area contributed by atoms with Crippen molar-refractivity contribution in [3.8, 4) is 22.5 Å². The van der Waals surface area contributed by atoms with Crippen LogP contribution < -0.4 is 4.40 Å². The summed E-state index contributed by atoms with van der Waals surface area (Å²) in [4.78, 5) is 13.6. The first kappa shape index (κ1) is 35.2. The van der Waals surface area contributed by atoms with E-state index < -0.39 is 13.3 Å². The molecule has 0 saturated heterocycles. The maximum atomic E-state index is 5.87. The summed E-state index contributed by atoms with van der Waals surface area (Å²) in [5, 5.41) is 2.05. The van der Waals surface area contributed by atoms with Crippen molar-refractivity contribution in [3.63, 3.8) is 0 Å². The minimum absolute atomic E-state index is 0. The van der Waals surface area contributed by atoms with E-state index in [9.17, 15) is 0 Å². The fraction of sp³-hybridized carbons (Fsp3) is 0.341. The van der Waals surface area contributed by atoms with Gasteiger partial charge in [0.25, 0.3) is 0 Å². The smallest absolute Gasteiger partial charge is 0 e. The van der Waals surface area contributed by atoms with Gasteiger partial charge in [0, 0.05) is 37.9 Å². The van der Waals surface area contributed by atoms with Crippen molar-refractivity contribution in [2.75, 3.05) is 0 Å². The number of hydrogen-bond donors (Lipinski definition) is 0. The second-order valence-electron chi connectivity index (χ2n) is 15.0. The van der Waals surface area contributed by atoms with Crippen molar-refractivity contribution < 1.29 is 24.5 Å². The average molecular weight is 861 g/mol. The van der Waals surface area contributed by atoms with Gasteiger partial charge in [-0.15, -0.1) is 17.7 Å². The van der Waals surface area contributed by atoms with Gasteiger partial charge >= 0.3 is 137 Å². The van der Waals surface area contributed by atoms with Gasteiger partial charge in [0.05, 0.1) is 5.58 Å². The van der Waals surface area contributed by atoms with Crippen LogP contribution in [0.3, 0.4) is 0 Å². The molecule has 4 heterocycles. The van der Waals surface area contributed by atoms with E-state index in [1.165, 1.54) is 37.7 Å². The molecule has 6 heteroatoms. The second-order valence-corrected chi connectivity index (χ2v) is 25.5. The molecule has 2 aromatic carbocycles. The molecule has 7 rings (SSSR count). The fourth-order valence-corrected chi connectivity index (χ4v) is 9.94. The van der Waals surface area contributed by atoms with Crippen LogP contribution in [0.4, 0.5) is 0 Å². The SMILES string of the molecule is CC(C)(C)Cc1ccnc(-c2[c-]cc3c(c2)oc2ncccc23)c1.[CH3][Ge]([CH3])([CH3])[c]1cnc(-c2[c-]cccc2)cc1CC1CCCC1.[Ir]. The molecule has 0 unspecified atom stereocenters. The van der Waals surface area contributed by atoms with Gasteiger partial charge in [-0.2, -0.15) is 0 Å². The molecule has 245 valence electrons. The Kier molecular flexibility index (Phi) is 11.2. The van der Waals surface area contributed by atoms with Crippen LogP contribution in [0.2, 0.25) is 17.3 Å². The fourth-order valence-electron chi connectivity index (χ4n) is 6.61. The predicted octanol–water partition coefficient (Wildman–Crippen LogP) is 10.3. The molecule has 1 aliphatic rings. The minimum atomic E-state index is -1.87. The van der Waals surface area contributed by atoms with Crippen LogP contribution in [-0.2, 0) is 32.9 Å². The number of pyridine rings is 3. The number of nitrogens with zero attached hydrogens (tertiary/aromatic N) is 3. The van der Waals surface area contributed by atoms with Gasteiger partial charge in [0.15, 0.2) is 0 Å². The number of furan rings is 1. The van der Waals surface area contributed by atoms with Crippen molar-refractivity contribution in [3.05, 3.63) is 109 Å². The van der Waals surface area contributed by atoms with Crippen molar-refractivity contribution in [2.24, 2.45) is 11.3 Å². The van der Waals surface area contributed by atoms with Gasteiger partial charge in [-0.05, 0) is 29.7 Å². The summed E-state index contributed by atoms with van der Waals surface area (Å²) in [6, 6.07) is 29.3. The summed E-state index contributed by atoms with van der Waals surface area (Å²) in [7, 11) is 0. The van der Waals surface area contributed by atoms with E-state index in [1.54, 1.807) is 16.2 Å². The van der Waals surface area contributed by atoms with Crippen LogP contribution in [0.1, 0.15) is 57.6 Å². The third kappa shape index (κ3) is 8.87. The van der Waals surface area contributed by atoms with Crippen LogP contribution in [0.5, 0.6) is 0 Å². The van der Waals surface area contributed by atoms with Crippen molar-refractivity contribution in [1.82, 2.24) is 15.0 Å². The standard InChI is InChI=1S/C21H19N2O.C20H26GeN.Ir/c1-21(2,3)13-14-8-10-22-18(11-14)15-6-7-16-17-5-4-9-23-20(17)24-19(16)12-15;1-21(2,3)19-15-22-20(17-11-5-4-6-12-17)14-18(19)13-16-9-7-8-10-16;/h4-5,7-12H,13H2,1-3H3;4-6,11,14-16H,7-10,13H2,1-3H3;/q2*-1;. The van der Waals surface area contributed by atoms with Crippen LogP contribution in [0, 0.1) is 23.5 Å². The molecule has 0 spiro atoms. The Bertz CT molecular complexity index is 1930. The Morgan fingerprint density at radius 3 is 2.34 bits per heavy atom. The summed E-state index contributed by atoms with van der Waals surface area (Å²) >= 11 is -1.87. The van der Waals surface area contributed by atoms with Crippen molar-refractivity contribution in [1.29, 1.82) is 0 Å². The molecule has 4 nitrogen and oxygen atoms in total. The normalized spacial score (nSPS) is 13.7. The van der Waals surface area contributed by atoms with Crippen molar-refractivity contribution >= 4 is 39.7 Å². The zero-order chi connectivity index (χ0) is 32.3. The van der Waals surface area contributed by atoms with Crippen LogP contribution in [0.25, 0.3) is 44.6 Å². The van der Waals surface area contributed by atoms with E-state index in [1.807, 2.05) is 42.6 Å². The Morgan fingerprint density at radius 1 is 0.830 bits per heavy atom. The molecule has 1 fully saturated rings. The van der Waals surface area contributed by atoms with Gasteiger partial charge < -0.3 is 9.40 Å². The number of rotatable bonds is 6. The van der Waals surface area contributed by atoms with E-state index in [0.29, 0.717) is 5.71 Å². The first-order valence-electron chi connectivity index (χ1n) is 16.6. The van der Waals surface area contributed by atoms with Crippen LogP contribution in [-0.4, -0.2) is 28.2 Å². The van der Waals surface area contributed by atoms with E-state index in [-0.39, 0.29) is 25.5 Å². The Balaban J connectivity index is 0.000000181. The largest absolute Gasteiger partial charge is 0 e. The molecule has 4 aromatic heterocycles. The average Bonchev–Trinajstić information content (AvgIpc) is 3.68. The number of hydrogen-bond acceptors (Lipinski definition) is 4. The first-order chi connectivity index (χ1) is 22.0. The first-order valence-corrected chi connectivity index (χ1v) is 24.0. The molecule has 47 heavy (non-hydrogen) atoms. The van der Waals surface area contributed by atoms with Gasteiger partial charge in [-0.3, -0.25) is 0 Å². The summed E-state index contributed by atoms with van der Waals surface area (Å²) < 4.78 is 7.46. The molecular weight excluding hydrogens is 815 g/mol. The maximum absolute atomic E-state index is 5.87. The molecule has 0 N–H and O–H groups in total. The van der Waals surface area contributed by atoms with Crippen molar-refractivity contribution in [2.45, 2.75) is 76.6 Å². The molecule has 1 aliphatic carbocycles. The van der Waals surface area contributed by atoms with E-state index >= 15 is 0 Å². The Morgan fingerprint density at radius 2 is 1.62 bits per heavy atom. The maximum Gasteiger partial charge on any atom is 0 e. The summed E-state index contributed by atoms with van der Waals surface area (Å²) in [6.45, 7) is 6.73.